The molecule has 0 spiro atoms. The second kappa shape index (κ2) is 13.3. The maximum atomic E-state index is 11.9. The Kier molecular flexibility index (Phi) is 12.1. The van der Waals surface area contributed by atoms with Gasteiger partial charge in [0.1, 0.15) is 12.9 Å². The van der Waals surface area contributed by atoms with E-state index in [4.69, 9.17) is 4.52 Å². The van der Waals surface area contributed by atoms with E-state index in [1.807, 2.05) is 0 Å². The first-order valence-corrected chi connectivity index (χ1v) is 13.7. The van der Waals surface area contributed by atoms with Gasteiger partial charge in [-0.15, -0.1) is 0 Å². The molecular weight excluding hydrogens is 582 g/mol. The molecule has 1 aromatic rings. The molecule has 0 aliphatic rings. The molecule has 1 rings (SSSR count). The molecular formula is C14H21BrO15P2S. The SMILES string of the molecule is CC(C)(C)OP(=O)(O)OCCOOOOO/C=C/OP(=O)(O)OS(=O)(=O)c1ccc(Br)cc1. The third-order valence-corrected chi connectivity index (χ3v) is 7.15. The Morgan fingerprint density at radius 3 is 2.21 bits per heavy atom. The second-order valence-corrected chi connectivity index (χ2v) is 11.9. The quantitative estimate of drug-likeness (QED) is 0.0974. The molecule has 33 heavy (non-hydrogen) atoms. The van der Waals surface area contributed by atoms with Crippen LogP contribution in [-0.4, -0.2) is 37.0 Å². The first-order chi connectivity index (χ1) is 15.1. The van der Waals surface area contributed by atoms with Crippen LogP contribution in [0.1, 0.15) is 20.8 Å². The molecule has 2 N–H and O–H groups in total. The predicted molar refractivity (Wildman–Crippen MR) is 109 cm³/mol. The highest BCUT2D eigenvalue weighted by atomic mass is 79.9. The lowest BCUT2D eigenvalue weighted by molar-refractivity contribution is -0.700. The predicted octanol–water partition coefficient (Wildman–Crippen LogP) is 3.42. The zero-order valence-electron chi connectivity index (χ0n) is 17.3. The fourth-order valence-corrected chi connectivity index (χ4v) is 5.04. The van der Waals surface area contributed by atoms with Gasteiger partial charge in [0.2, 0.25) is 0 Å². The highest BCUT2D eigenvalue weighted by Crippen LogP contribution is 2.47. The number of phosphoric acid groups is 2. The van der Waals surface area contributed by atoms with Crippen LogP contribution in [-0.2, 0) is 61.7 Å². The van der Waals surface area contributed by atoms with Gasteiger partial charge in [-0.1, -0.05) is 15.9 Å². The zero-order valence-corrected chi connectivity index (χ0v) is 21.5. The van der Waals surface area contributed by atoms with E-state index >= 15 is 0 Å². The summed E-state index contributed by atoms with van der Waals surface area (Å²) >= 11 is 3.11. The van der Waals surface area contributed by atoms with Gasteiger partial charge in [-0.05, 0) is 50.1 Å². The minimum Gasteiger partial charge on any atom is -0.408 e. The second-order valence-electron chi connectivity index (χ2n) is 6.46. The maximum absolute atomic E-state index is 11.9. The van der Waals surface area contributed by atoms with E-state index < -0.39 is 38.0 Å². The monoisotopic (exact) mass is 602 g/mol. The van der Waals surface area contributed by atoms with Crippen LogP contribution in [0.15, 0.2) is 46.2 Å². The van der Waals surface area contributed by atoms with Gasteiger partial charge >= 0.3 is 25.8 Å². The van der Waals surface area contributed by atoms with Crippen LogP contribution >= 0.6 is 31.6 Å². The Bertz CT molecular complexity index is 960. The molecule has 0 heterocycles. The Hall–Kier alpha value is -0.910. The summed E-state index contributed by atoms with van der Waals surface area (Å²) in [7, 11) is -14.0. The van der Waals surface area contributed by atoms with Crippen molar-refractivity contribution in [2.75, 3.05) is 13.2 Å². The van der Waals surface area contributed by atoms with Crippen molar-refractivity contribution in [1.29, 1.82) is 0 Å². The third-order valence-electron chi connectivity index (χ3n) is 2.55. The van der Waals surface area contributed by atoms with Crippen LogP contribution in [0, 0.1) is 0 Å². The number of rotatable bonds is 15. The van der Waals surface area contributed by atoms with Gasteiger partial charge in [0, 0.05) is 14.5 Å². The first-order valence-electron chi connectivity index (χ1n) is 8.46. The molecule has 190 valence electrons. The number of hydrogen-bond acceptors (Lipinski definition) is 13. The van der Waals surface area contributed by atoms with Gasteiger partial charge in [0.05, 0.1) is 17.1 Å². The van der Waals surface area contributed by atoms with Crippen molar-refractivity contribution in [3.05, 3.63) is 41.3 Å². The fraction of sp³-hybridized carbons (Fsp3) is 0.429. The van der Waals surface area contributed by atoms with Crippen LogP contribution in [0.4, 0.5) is 0 Å². The Morgan fingerprint density at radius 2 is 1.61 bits per heavy atom. The average molecular weight is 603 g/mol. The van der Waals surface area contributed by atoms with Gasteiger partial charge in [-0.2, -0.15) is 12.4 Å². The summed E-state index contributed by atoms with van der Waals surface area (Å²) in [6, 6.07) is 5.05. The molecule has 0 saturated heterocycles. The summed E-state index contributed by atoms with van der Waals surface area (Å²) in [4.78, 5) is 27.0. The topological polar surface area (TPSA) is 192 Å². The molecule has 0 aliphatic heterocycles. The third kappa shape index (κ3) is 14.2. The van der Waals surface area contributed by atoms with Crippen LogP contribution < -0.4 is 0 Å². The molecule has 19 heteroatoms. The first kappa shape index (κ1) is 30.1. The Balaban J connectivity index is 2.21. The average Bonchev–Trinajstić information content (AvgIpc) is 2.63. The lowest BCUT2D eigenvalue weighted by Gasteiger charge is -2.22. The molecule has 1 aromatic carbocycles. The number of halogens is 1. The van der Waals surface area contributed by atoms with Crippen molar-refractivity contribution in [1.82, 2.24) is 0 Å². The van der Waals surface area contributed by atoms with Gasteiger partial charge in [0.25, 0.3) is 0 Å². The highest BCUT2D eigenvalue weighted by Gasteiger charge is 2.31. The normalized spacial score (nSPS) is 16.3. The lowest BCUT2D eigenvalue weighted by atomic mass is 10.2. The van der Waals surface area contributed by atoms with Gasteiger partial charge in [-0.3, -0.25) is 13.9 Å². The van der Waals surface area contributed by atoms with Crippen molar-refractivity contribution in [3.8, 4) is 0 Å². The van der Waals surface area contributed by atoms with E-state index in [9.17, 15) is 27.3 Å². The molecule has 0 saturated carbocycles. The van der Waals surface area contributed by atoms with Crippen LogP contribution in [0.3, 0.4) is 0 Å². The van der Waals surface area contributed by atoms with Crippen molar-refractivity contribution < 1.29 is 69.8 Å². The number of hydrogen-bond donors (Lipinski definition) is 2. The summed E-state index contributed by atoms with van der Waals surface area (Å²) in [6.07, 6.45) is 0.931. The van der Waals surface area contributed by atoms with E-state index in [1.165, 1.54) is 12.1 Å². The van der Waals surface area contributed by atoms with Crippen molar-refractivity contribution in [2.24, 2.45) is 0 Å². The van der Waals surface area contributed by atoms with Gasteiger partial charge < -0.3 is 14.3 Å². The largest absolute Gasteiger partial charge is 0.542 e. The Morgan fingerprint density at radius 1 is 0.970 bits per heavy atom. The molecule has 0 aromatic heterocycles. The zero-order chi connectivity index (χ0) is 25.2. The lowest BCUT2D eigenvalue weighted by Crippen LogP contribution is -2.18. The van der Waals surface area contributed by atoms with Gasteiger partial charge in [0.15, 0.2) is 6.26 Å². The minimum atomic E-state index is -5.08. The summed E-state index contributed by atoms with van der Waals surface area (Å²) in [5, 5.41) is 11.8. The molecule has 0 radical (unpaired) electrons. The van der Waals surface area contributed by atoms with E-state index in [2.05, 4.69) is 53.8 Å². The van der Waals surface area contributed by atoms with Crippen LogP contribution in [0.5, 0.6) is 0 Å². The number of phosphoric ester groups is 2. The van der Waals surface area contributed by atoms with E-state index in [0.717, 1.165) is 12.1 Å². The van der Waals surface area contributed by atoms with Gasteiger partial charge in [-0.25, -0.2) is 14.0 Å². The van der Waals surface area contributed by atoms with Crippen LogP contribution in [0.25, 0.3) is 0 Å². The van der Waals surface area contributed by atoms with Crippen molar-refractivity contribution in [2.45, 2.75) is 31.3 Å². The van der Waals surface area contributed by atoms with Crippen molar-refractivity contribution >= 4 is 41.7 Å². The standard InChI is InChI=1S/C14H21BrO15P2S/c1-14(2,3)26-31(16,17)24-10-8-22-27-29-28-23-9-11-25-32(18,19)30-33(20,21)13-6-4-12(15)5-7-13/h4-7,9,11H,8,10H2,1-3H3,(H,16,17)(H,18,19)/b11-9+. The van der Waals surface area contributed by atoms with E-state index in [0.29, 0.717) is 17.0 Å². The van der Waals surface area contributed by atoms with Crippen molar-refractivity contribution in [3.63, 3.8) is 0 Å². The molecule has 0 amide bonds. The summed E-state index contributed by atoms with van der Waals surface area (Å²) in [6.45, 7) is 3.89. The Labute approximate surface area is 197 Å². The highest BCUT2D eigenvalue weighted by molar-refractivity contribution is 9.10. The molecule has 0 bridgehead atoms. The number of benzene rings is 1. The summed E-state index contributed by atoms with van der Waals surface area (Å²) < 4.78 is 65.5. The van der Waals surface area contributed by atoms with E-state index in [1.54, 1.807) is 20.8 Å². The van der Waals surface area contributed by atoms with E-state index in [-0.39, 0.29) is 11.5 Å². The molecule has 2 unspecified atom stereocenters. The van der Waals surface area contributed by atoms with Crippen LogP contribution in [0.2, 0.25) is 0 Å². The summed E-state index contributed by atoms with van der Waals surface area (Å²) in [5.74, 6) is 0. The fourth-order valence-electron chi connectivity index (χ4n) is 1.57. The maximum Gasteiger partial charge on any atom is 0.542 e. The minimum absolute atomic E-state index is 0.377. The molecule has 15 nitrogen and oxygen atoms in total. The molecule has 0 aliphatic carbocycles. The summed E-state index contributed by atoms with van der Waals surface area (Å²) in [5.41, 5.74) is -0.906. The molecule has 2 atom stereocenters. The smallest absolute Gasteiger partial charge is 0.408 e. The molecule has 0 fully saturated rings.